The number of allylic oxidation sites excluding steroid dienone is 3. The van der Waals surface area contributed by atoms with Crippen LogP contribution >= 0.6 is 8.03 Å². The van der Waals surface area contributed by atoms with E-state index in [0.717, 1.165) is 0 Å². The van der Waals surface area contributed by atoms with Gasteiger partial charge < -0.3 is 10.00 Å². The third-order valence-electron chi connectivity index (χ3n) is 0.803. The summed E-state index contributed by atoms with van der Waals surface area (Å²) in [5.41, 5.74) is 0. The van der Waals surface area contributed by atoms with Crippen molar-refractivity contribution in [3.8, 4) is 0 Å². The van der Waals surface area contributed by atoms with Gasteiger partial charge in [0, 0.05) is 0 Å². The molecule has 0 aliphatic heterocycles. The van der Waals surface area contributed by atoms with E-state index in [1.54, 1.807) is 19.1 Å². The molecular weight excluding hydrogens is 174 g/mol. The maximum atomic E-state index is 10.0. The zero-order valence-corrected chi connectivity index (χ0v) is 9.49. The van der Waals surface area contributed by atoms with Gasteiger partial charge in [-0.3, -0.25) is 0 Å². The Hall–Kier alpha value is 0.500. The van der Waals surface area contributed by atoms with Crippen LogP contribution in [0.25, 0.3) is 0 Å². The Kier molecular flexibility index (Phi) is 11.0. The van der Waals surface area contributed by atoms with E-state index in [9.17, 15) is 9.46 Å². The summed E-state index contributed by atoms with van der Waals surface area (Å²) < 4.78 is 10.0. The Labute approximate surface area is 89.0 Å². The summed E-state index contributed by atoms with van der Waals surface area (Å²) in [5.74, 6) is -1.36. The maximum Gasteiger partial charge on any atom is 1.00 e. The molecule has 11 heavy (non-hydrogen) atoms. The van der Waals surface area contributed by atoms with Crippen LogP contribution in [0.3, 0.4) is 0 Å². The van der Waals surface area contributed by atoms with Gasteiger partial charge in [0.05, 0.1) is 0 Å². The van der Waals surface area contributed by atoms with Gasteiger partial charge in [-0.05, 0) is 13.0 Å². The van der Waals surface area contributed by atoms with E-state index >= 15 is 0 Å². The Bertz CT molecular complexity index is 167. The van der Waals surface area contributed by atoms with Gasteiger partial charge >= 0.3 is 37.6 Å². The van der Waals surface area contributed by atoms with Gasteiger partial charge in [0.25, 0.3) is 5.85 Å². The number of hydrogen-bond acceptors (Lipinski definition) is 3. The van der Waals surface area contributed by atoms with Gasteiger partial charge in [-0.25, -0.2) is 0 Å². The summed E-state index contributed by atoms with van der Waals surface area (Å²) in [7, 11) is -2.74. The summed E-state index contributed by atoms with van der Waals surface area (Å²) in [6.07, 6.45) is 6.06. The standard InChI is InChI=1S/C6H9O3P.Na/c1-2-3-4-5-6(7)10(8)9;/h2-7H,1H3;/q;+1/b3-2+,5-4+;. The minimum atomic E-state index is -2.74. The minimum absolute atomic E-state index is 0. The predicted molar refractivity (Wildman–Crippen MR) is 37.6 cm³/mol. The molecular formula is C6H9NaO3P+. The number of rotatable bonds is 3. The monoisotopic (exact) mass is 183 g/mol. The van der Waals surface area contributed by atoms with Crippen molar-refractivity contribution in [3.05, 3.63) is 24.3 Å². The third-order valence-corrected chi connectivity index (χ3v) is 1.41. The fraction of sp³-hybridized carbons (Fsp3) is 0.333. The normalized spacial score (nSPS) is 15.0. The first-order valence-corrected chi connectivity index (χ1v) is 4.04. The van der Waals surface area contributed by atoms with Crippen molar-refractivity contribution in [2.75, 3.05) is 0 Å². The largest absolute Gasteiger partial charge is 1.00 e. The summed E-state index contributed by atoms with van der Waals surface area (Å²) in [4.78, 5) is 10.0. The van der Waals surface area contributed by atoms with Gasteiger partial charge in [0.1, 0.15) is 0 Å². The van der Waals surface area contributed by atoms with E-state index in [1.165, 1.54) is 12.2 Å². The Morgan fingerprint density at radius 2 is 2.09 bits per heavy atom. The van der Waals surface area contributed by atoms with Gasteiger partial charge in [-0.1, -0.05) is 22.8 Å². The molecule has 0 aromatic heterocycles. The molecule has 2 atom stereocenters. The molecule has 0 bridgehead atoms. The summed E-state index contributed by atoms with van der Waals surface area (Å²) in [6, 6.07) is 0. The first-order valence-electron chi connectivity index (χ1n) is 2.79. The molecule has 0 aromatic rings. The van der Waals surface area contributed by atoms with E-state index in [1.807, 2.05) is 0 Å². The average molecular weight is 183 g/mol. The fourth-order valence-electron chi connectivity index (χ4n) is 0.345. The number of aliphatic hydroxyl groups excluding tert-OH is 1. The average Bonchev–Trinajstić information content (AvgIpc) is 1.88. The molecule has 1 N–H and O–H groups in total. The zero-order valence-electron chi connectivity index (χ0n) is 6.60. The first-order chi connectivity index (χ1) is 4.68. The van der Waals surface area contributed by atoms with Crippen LogP contribution in [-0.2, 0) is 4.57 Å². The fourth-order valence-corrected chi connectivity index (χ4v) is 0.585. The van der Waals surface area contributed by atoms with Crippen LogP contribution in [-0.4, -0.2) is 11.0 Å². The molecule has 0 heterocycles. The van der Waals surface area contributed by atoms with Crippen LogP contribution in [0.2, 0.25) is 0 Å². The van der Waals surface area contributed by atoms with Gasteiger partial charge in [-0.15, -0.1) is 0 Å². The molecule has 0 saturated carbocycles. The van der Waals surface area contributed by atoms with Crippen LogP contribution in [0.1, 0.15) is 6.92 Å². The molecule has 0 spiro atoms. The van der Waals surface area contributed by atoms with Crippen molar-refractivity contribution in [2.24, 2.45) is 0 Å². The van der Waals surface area contributed by atoms with E-state index in [4.69, 9.17) is 5.11 Å². The van der Waals surface area contributed by atoms with Crippen molar-refractivity contribution < 1.29 is 44.1 Å². The second-order valence-electron chi connectivity index (χ2n) is 1.61. The summed E-state index contributed by atoms with van der Waals surface area (Å²) >= 11 is 0. The van der Waals surface area contributed by atoms with Crippen LogP contribution in [0.5, 0.6) is 0 Å². The Morgan fingerprint density at radius 1 is 1.55 bits per heavy atom. The van der Waals surface area contributed by atoms with Crippen molar-refractivity contribution in [3.63, 3.8) is 0 Å². The molecule has 0 aromatic carbocycles. The minimum Gasteiger partial charge on any atom is -0.593 e. The zero-order chi connectivity index (χ0) is 7.98. The van der Waals surface area contributed by atoms with Gasteiger partial charge in [-0.2, -0.15) is 0 Å². The van der Waals surface area contributed by atoms with Crippen LogP contribution in [0.15, 0.2) is 24.3 Å². The molecule has 0 radical (unpaired) electrons. The molecule has 2 unspecified atom stereocenters. The van der Waals surface area contributed by atoms with Crippen LogP contribution in [0.4, 0.5) is 0 Å². The van der Waals surface area contributed by atoms with E-state index < -0.39 is 13.9 Å². The van der Waals surface area contributed by atoms with Crippen molar-refractivity contribution in [1.29, 1.82) is 0 Å². The molecule has 0 aliphatic rings. The first kappa shape index (κ1) is 14.0. The molecule has 0 amide bonds. The quantitative estimate of drug-likeness (QED) is 0.300. The molecule has 5 heteroatoms. The van der Waals surface area contributed by atoms with Gasteiger partial charge in [0.2, 0.25) is 0 Å². The second kappa shape index (κ2) is 8.60. The summed E-state index contributed by atoms with van der Waals surface area (Å²) in [6.45, 7) is 1.80. The third kappa shape index (κ3) is 8.41. The number of hydrogen-bond donors (Lipinski definition) is 1. The summed E-state index contributed by atoms with van der Waals surface area (Å²) in [5, 5.41) is 8.64. The Morgan fingerprint density at radius 3 is 2.45 bits per heavy atom. The molecule has 56 valence electrons. The van der Waals surface area contributed by atoms with Crippen molar-refractivity contribution >= 4 is 8.03 Å². The SMILES string of the molecule is C/C=C/C=C/C(O)[P+](=O)[O-].[Na+]. The van der Waals surface area contributed by atoms with Crippen LogP contribution < -0.4 is 34.5 Å². The van der Waals surface area contributed by atoms with Crippen LogP contribution in [0, 0.1) is 0 Å². The molecule has 3 nitrogen and oxygen atoms in total. The molecule has 0 rings (SSSR count). The predicted octanol–water partition coefficient (Wildman–Crippen LogP) is -2.46. The molecule has 0 fully saturated rings. The van der Waals surface area contributed by atoms with E-state index in [-0.39, 0.29) is 29.6 Å². The second-order valence-corrected chi connectivity index (χ2v) is 2.71. The maximum absolute atomic E-state index is 10.0. The Balaban J connectivity index is 0. The van der Waals surface area contributed by atoms with Crippen molar-refractivity contribution in [2.45, 2.75) is 12.8 Å². The molecule has 0 saturated heterocycles. The van der Waals surface area contributed by atoms with E-state index in [0.29, 0.717) is 0 Å². The molecule has 0 aliphatic carbocycles. The smallest absolute Gasteiger partial charge is 0.593 e. The van der Waals surface area contributed by atoms with Gasteiger partial charge in [0.15, 0.2) is 0 Å². The van der Waals surface area contributed by atoms with E-state index in [2.05, 4.69) is 0 Å². The topological polar surface area (TPSA) is 60.4 Å². The number of aliphatic hydroxyl groups is 1. The van der Waals surface area contributed by atoms with Crippen molar-refractivity contribution in [1.82, 2.24) is 0 Å².